The molecule has 0 amide bonds. The van der Waals surface area contributed by atoms with E-state index in [-0.39, 0.29) is 0 Å². The molecule has 2 aromatic rings. The zero-order valence-electron chi connectivity index (χ0n) is 12.3. The summed E-state index contributed by atoms with van der Waals surface area (Å²) in [5, 5.41) is 4.50. The van der Waals surface area contributed by atoms with Gasteiger partial charge in [0.25, 0.3) is 0 Å². The fourth-order valence-electron chi connectivity index (χ4n) is 1.87. The van der Waals surface area contributed by atoms with Gasteiger partial charge >= 0.3 is 0 Å². The highest BCUT2D eigenvalue weighted by Crippen LogP contribution is 2.21. The Morgan fingerprint density at radius 3 is 2.65 bits per heavy atom. The van der Waals surface area contributed by atoms with E-state index in [9.17, 15) is 0 Å². The standard InChI is InChI=1S/C16H22N2OS/c1-4-14-15(10-17-12(2)3)20-16(18-14)11-19-13-8-6-5-7-9-13/h5-9,12,17H,4,10-11H2,1-3H3. The van der Waals surface area contributed by atoms with Crippen LogP contribution in [0, 0.1) is 0 Å². The van der Waals surface area contributed by atoms with E-state index in [0.717, 1.165) is 23.7 Å². The van der Waals surface area contributed by atoms with E-state index in [4.69, 9.17) is 4.74 Å². The number of aromatic nitrogens is 1. The average Bonchev–Trinajstić information content (AvgIpc) is 2.86. The summed E-state index contributed by atoms with van der Waals surface area (Å²) in [6.07, 6.45) is 0.969. The van der Waals surface area contributed by atoms with E-state index in [1.54, 1.807) is 11.3 Å². The highest BCUT2D eigenvalue weighted by molar-refractivity contribution is 7.11. The lowest BCUT2D eigenvalue weighted by Gasteiger charge is -2.06. The molecule has 4 heteroatoms. The number of aryl methyl sites for hydroxylation is 1. The van der Waals surface area contributed by atoms with Gasteiger partial charge in [-0.2, -0.15) is 0 Å². The van der Waals surface area contributed by atoms with E-state index >= 15 is 0 Å². The maximum Gasteiger partial charge on any atom is 0.140 e. The largest absolute Gasteiger partial charge is 0.486 e. The number of nitrogens with zero attached hydrogens (tertiary/aromatic N) is 1. The van der Waals surface area contributed by atoms with Crippen molar-refractivity contribution in [3.8, 4) is 5.75 Å². The van der Waals surface area contributed by atoms with Gasteiger partial charge in [0.1, 0.15) is 17.4 Å². The van der Waals surface area contributed by atoms with Gasteiger partial charge in [-0.15, -0.1) is 11.3 Å². The third-order valence-electron chi connectivity index (χ3n) is 2.93. The molecule has 0 radical (unpaired) electrons. The second-order valence-electron chi connectivity index (χ2n) is 4.97. The molecule has 0 bridgehead atoms. The molecule has 1 aromatic carbocycles. The zero-order valence-corrected chi connectivity index (χ0v) is 13.2. The van der Waals surface area contributed by atoms with E-state index in [1.807, 2.05) is 30.3 Å². The molecular formula is C16H22N2OS. The lowest BCUT2D eigenvalue weighted by Crippen LogP contribution is -2.21. The maximum absolute atomic E-state index is 5.76. The molecule has 0 aliphatic heterocycles. The molecule has 0 aliphatic rings. The molecule has 1 N–H and O–H groups in total. The van der Waals surface area contributed by atoms with Crippen LogP contribution < -0.4 is 10.1 Å². The Kier molecular flexibility index (Phi) is 5.56. The van der Waals surface area contributed by atoms with Crippen molar-refractivity contribution < 1.29 is 4.74 Å². The first kappa shape index (κ1) is 15.0. The Hall–Kier alpha value is -1.39. The third-order valence-corrected chi connectivity index (χ3v) is 4.00. The molecule has 0 spiro atoms. The number of rotatable bonds is 7. The van der Waals surface area contributed by atoms with E-state index in [1.165, 1.54) is 10.6 Å². The molecule has 0 atom stereocenters. The fourth-order valence-corrected chi connectivity index (χ4v) is 2.89. The van der Waals surface area contributed by atoms with Crippen LogP contribution in [0.4, 0.5) is 0 Å². The summed E-state index contributed by atoms with van der Waals surface area (Å²) in [5.41, 5.74) is 1.19. The van der Waals surface area contributed by atoms with Crippen molar-refractivity contribution in [2.75, 3.05) is 0 Å². The van der Waals surface area contributed by atoms with Gasteiger partial charge in [-0.25, -0.2) is 4.98 Å². The minimum Gasteiger partial charge on any atom is -0.486 e. The van der Waals surface area contributed by atoms with Crippen molar-refractivity contribution >= 4 is 11.3 Å². The van der Waals surface area contributed by atoms with Gasteiger partial charge in [-0.05, 0) is 18.6 Å². The minimum absolute atomic E-state index is 0.492. The third kappa shape index (κ3) is 4.32. The summed E-state index contributed by atoms with van der Waals surface area (Å²) in [6, 6.07) is 10.4. The number of nitrogens with one attached hydrogen (secondary N) is 1. The first-order valence-corrected chi connectivity index (χ1v) is 7.89. The van der Waals surface area contributed by atoms with Crippen LogP contribution in [0.2, 0.25) is 0 Å². The lowest BCUT2D eigenvalue weighted by molar-refractivity contribution is 0.305. The van der Waals surface area contributed by atoms with Crippen molar-refractivity contribution in [3.05, 3.63) is 45.9 Å². The van der Waals surface area contributed by atoms with Crippen molar-refractivity contribution in [2.45, 2.75) is 46.4 Å². The molecule has 0 fully saturated rings. The first-order valence-electron chi connectivity index (χ1n) is 7.07. The summed E-state index contributed by atoms with van der Waals surface area (Å²) in [4.78, 5) is 6.00. The molecule has 1 heterocycles. The SMILES string of the molecule is CCc1nc(COc2ccccc2)sc1CNC(C)C. The Morgan fingerprint density at radius 2 is 2.00 bits per heavy atom. The summed E-state index contributed by atoms with van der Waals surface area (Å²) in [7, 11) is 0. The predicted octanol–water partition coefficient (Wildman–Crippen LogP) is 3.78. The topological polar surface area (TPSA) is 34.1 Å². The van der Waals surface area contributed by atoms with E-state index in [0.29, 0.717) is 12.6 Å². The molecule has 0 saturated carbocycles. The van der Waals surface area contributed by atoms with E-state index < -0.39 is 0 Å². The molecule has 20 heavy (non-hydrogen) atoms. The molecule has 108 valence electrons. The summed E-state index contributed by atoms with van der Waals surface area (Å²) in [6.45, 7) is 7.90. The molecule has 0 saturated heterocycles. The number of hydrogen-bond donors (Lipinski definition) is 1. The Bertz CT molecular complexity index is 523. The van der Waals surface area contributed by atoms with Crippen LogP contribution in [-0.4, -0.2) is 11.0 Å². The molecule has 1 aromatic heterocycles. The molecule has 0 aliphatic carbocycles. The molecule has 3 nitrogen and oxygen atoms in total. The van der Waals surface area contributed by atoms with Gasteiger partial charge in [0.05, 0.1) is 5.69 Å². The van der Waals surface area contributed by atoms with Gasteiger partial charge in [0.2, 0.25) is 0 Å². The van der Waals surface area contributed by atoms with Crippen molar-refractivity contribution in [1.29, 1.82) is 0 Å². The number of thiazole rings is 1. The van der Waals surface area contributed by atoms with Crippen LogP contribution in [0.5, 0.6) is 5.75 Å². The smallest absolute Gasteiger partial charge is 0.140 e. The first-order chi connectivity index (χ1) is 9.69. The Labute approximate surface area is 125 Å². The van der Waals surface area contributed by atoms with Crippen molar-refractivity contribution in [1.82, 2.24) is 10.3 Å². The Balaban J connectivity index is 1.98. The van der Waals surface area contributed by atoms with Crippen LogP contribution in [0.3, 0.4) is 0 Å². The summed E-state index contributed by atoms with van der Waals surface area (Å²) in [5.74, 6) is 0.891. The second-order valence-corrected chi connectivity index (χ2v) is 6.14. The number of para-hydroxylation sites is 1. The zero-order chi connectivity index (χ0) is 14.4. The van der Waals surface area contributed by atoms with Crippen molar-refractivity contribution in [2.24, 2.45) is 0 Å². The van der Waals surface area contributed by atoms with Crippen LogP contribution in [0.25, 0.3) is 0 Å². The molecule has 0 unspecified atom stereocenters. The van der Waals surface area contributed by atoms with Crippen LogP contribution in [0.15, 0.2) is 30.3 Å². The fraction of sp³-hybridized carbons (Fsp3) is 0.438. The maximum atomic E-state index is 5.76. The van der Waals surface area contributed by atoms with Crippen LogP contribution in [0.1, 0.15) is 36.3 Å². The lowest BCUT2D eigenvalue weighted by atomic mass is 10.3. The minimum atomic E-state index is 0.492. The van der Waals surface area contributed by atoms with Gasteiger partial charge in [-0.3, -0.25) is 0 Å². The Morgan fingerprint density at radius 1 is 1.25 bits per heavy atom. The highest BCUT2D eigenvalue weighted by atomic mass is 32.1. The monoisotopic (exact) mass is 290 g/mol. The quantitative estimate of drug-likeness (QED) is 0.842. The van der Waals surface area contributed by atoms with Gasteiger partial charge in [-0.1, -0.05) is 39.0 Å². The number of ether oxygens (including phenoxy) is 1. The number of hydrogen-bond acceptors (Lipinski definition) is 4. The highest BCUT2D eigenvalue weighted by Gasteiger charge is 2.10. The van der Waals surface area contributed by atoms with Crippen LogP contribution >= 0.6 is 11.3 Å². The molecular weight excluding hydrogens is 268 g/mol. The van der Waals surface area contributed by atoms with Crippen molar-refractivity contribution in [3.63, 3.8) is 0 Å². The second kappa shape index (κ2) is 7.41. The number of benzene rings is 1. The normalized spacial score (nSPS) is 11.0. The van der Waals surface area contributed by atoms with Crippen LogP contribution in [-0.2, 0) is 19.6 Å². The molecule has 2 rings (SSSR count). The average molecular weight is 290 g/mol. The van der Waals surface area contributed by atoms with Gasteiger partial charge in [0.15, 0.2) is 0 Å². The predicted molar refractivity (Wildman–Crippen MR) is 84.2 cm³/mol. The van der Waals surface area contributed by atoms with Gasteiger partial charge < -0.3 is 10.1 Å². The van der Waals surface area contributed by atoms with Gasteiger partial charge in [0, 0.05) is 17.5 Å². The summed E-state index contributed by atoms with van der Waals surface area (Å²) < 4.78 is 5.76. The summed E-state index contributed by atoms with van der Waals surface area (Å²) >= 11 is 1.75. The van der Waals surface area contributed by atoms with E-state index in [2.05, 4.69) is 31.1 Å².